The fourth-order valence-electron chi connectivity index (χ4n) is 2.01. The van der Waals surface area contributed by atoms with Gasteiger partial charge in [0.2, 0.25) is 0 Å². The van der Waals surface area contributed by atoms with Gasteiger partial charge in [-0.2, -0.15) is 0 Å². The molecule has 1 heteroatoms. The first-order valence-corrected chi connectivity index (χ1v) is 5.80. The minimum Gasteiger partial charge on any atom is -0.349 e. The van der Waals surface area contributed by atoms with Gasteiger partial charge in [-0.1, -0.05) is 26.2 Å². The third kappa shape index (κ3) is 2.63. The lowest BCUT2D eigenvalue weighted by molar-refractivity contribution is 0.568. The van der Waals surface area contributed by atoms with Crippen LogP contribution >= 0.6 is 0 Å². The van der Waals surface area contributed by atoms with E-state index in [9.17, 15) is 0 Å². The van der Waals surface area contributed by atoms with Crippen LogP contribution < -0.4 is 0 Å². The van der Waals surface area contributed by atoms with Crippen LogP contribution in [0, 0.1) is 20.8 Å². The highest BCUT2D eigenvalue weighted by Gasteiger charge is 2.04. The van der Waals surface area contributed by atoms with Gasteiger partial charge in [0.25, 0.3) is 0 Å². The quantitative estimate of drug-likeness (QED) is 0.623. The molecule has 0 saturated heterocycles. The highest BCUT2D eigenvalue weighted by atomic mass is 15.0. The molecule has 1 rings (SSSR count). The number of aromatic nitrogens is 1. The molecule has 0 aliphatic heterocycles. The predicted molar refractivity (Wildman–Crippen MR) is 62.8 cm³/mol. The van der Waals surface area contributed by atoms with Gasteiger partial charge in [0.1, 0.15) is 0 Å². The molecule has 0 atom stereocenters. The topological polar surface area (TPSA) is 4.93 Å². The first-order chi connectivity index (χ1) is 6.66. The summed E-state index contributed by atoms with van der Waals surface area (Å²) >= 11 is 0. The Morgan fingerprint density at radius 2 is 1.79 bits per heavy atom. The Labute approximate surface area is 88.1 Å². The zero-order valence-corrected chi connectivity index (χ0v) is 10.1. The second kappa shape index (κ2) is 5.23. The van der Waals surface area contributed by atoms with Crippen molar-refractivity contribution in [2.75, 3.05) is 0 Å². The second-order valence-corrected chi connectivity index (χ2v) is 4.27. The summed E-state index contributed by atoms with van der Waals surface area (Å²) in [5.41, 5.74) is 4.29. The Kier molecular flexibility index (Phi) is 4.24. The monoisotopic (exact) mass is 193 g/mol. The van der Waals surface area contributed by atoms with Gasteiger partial charge < -0.3 is 4.57 Å². The molecule has 1 aromatic heterocycles. The number of rotatable bonds is 5. The fraction of sp³-hybridized carbons (Fsp3) is 0.692. The van der Waals surface area contributed by atoms with E-state index in [4.69, 9.17) is 0 Å². The van der Waals surface area contributed by atoms with Crippen LogP contribution in [0.2, 0.25) is 0 Å². The maximum Gasteiger partial charge on any atom is 0.0224 e. The highest BCUT2D eigenvalue weighted by molar-refractivity contribution is 5.24. The average Bonchev–Trinajstić information content (AvgIpc) is 2.38. The Hall–Kier alpha value is -0.720. The number of hydrogen-bond acceptors (Lipinski definition) is 0. The van der Waals surface area contributed by atoms with Crippen LogP contribution in [0.3, 0.4) is 0 Å². The van der Waals surface area contributed by atoms with E-state index in [2.05, 4.69) is 38.3 Å². The minimum atomic E-state index is 1.20. The van der Waals surface area contributed by atoms with E-state index in [0.717, 1.165) is 0 Å². The van der Waals surface area contributed by atoms with Crippen molar-refractivity contribution in [1.29, 1.82) is 0 Å². The molecule has 0 N–H and O–H groups in total. The van der Waals surface area contributed by atoms with E-state index in [1.807, 2.05) is 0 Å². The third-order valence-corrected chi connectivity index (χ3v) is 3.06. The predicted octanol–water partition coefficient (Wildman–Crippen LogP) is 3.99. The van der Waals surface area contributed by atoms with E-state index in [-0.39, 0.29) is 0 Å². The zero-order valence-electron chi connectivity index (χ0n) is 10.1. The number of nitrogens with zero attached hydrogens (tertiary/aromatic N) is 1. The maximum atomic E-state index is 2.45. The van der Waals surface area contributed by atoms with Gasteiger partial charge in [-0.3, -0.25) is 0 Å². The van der Waals surface area contributed by atoms with E-state index in [1.54, 1.807) is 0 Å². The Morgan fingerprint density at radius 3 is 2.29 bits per heavy atom. The van der Waals surface area contributed by atoms with E-state index in [0.29, 0.717) is 0 Å². The summed E-state index contributed by atoms with van der Waals surface area (Å²) < 4.78 is 2.45. The molecule has 0 radical (unpaired) electrons. The molecule has 0 unspecified atom stereocenters. The summed E-state index contributed by atoms with van der Waals surface area (Å²) in [6.45, 7) is 10.1. The van der Waals surface area contributed by atoms with E-state index >= 15 is 0 Å². The van der Waals surface area contributed by atoms with Gasteiger partial charge in [-0.05, 0) is 38.8 Å². The van der Waals surface area contributed by atoms with Gasteiger partial charge in [0.15, 0.2) is 0 Å². The van der Waals surface area contributed by atoms with Crippen molar-refractivity contribution < 1.29 is 0 Å². The van der Waals surface area contributed by atoms with E-state index in [1.165, 1.54) is 49.2 Å². The molecule has 0 aromatic carbocycles. The molecule has 1 aromatic rings. The largest absolute Gasteiger partial charge is 0.349 e. The van der Waals surface area contributed by atoms with Crippen molar-refractivity contribution in [3.63, 3.8) is 0 Å². The Balaban J connectivity index is 2.49. The van der Waals surface area contributed by atoms with E-state index < -0.39 is 0 Å². The standard InChI is InChI=1S/C13H23N/c1-5-6-7-8-9-14-12(3)10-11(2)13(14)4/h10H,5-9H2,1-4H3. The van der Waals surface area contributed by atoms with Crippen LogP contribution in [0.4, 0.5) is 0 Å². The Bertz CT molecular complexity index is 284. The van der Waals surface area contributed by atoms with Crippen molar-refractivity contribution in [2.45, 2.75) is 59.9 Å². The molecular weight excluding hydrogens is 170 g/mol. The lowest BCUT2D eigenvalue weighted by Gasteiger charge is -2.08. The molecule has 0 saturated carbocycles. The molecule has 0 aliphatic rings. The molecule has 0 bridgehead atoms. The van der Waals surface area contributed by atoms with Crippen LogP contribution in [-0.2, 0) is 6.54 Å². The second-order valence-electron chi connectivity index (χ2n) is 4.27. The van der Waals surface area contributed by atoms with Crippen molar-refractivity contribution >= 4 is 0 Å². The van der Waals surface area contributed by atoms with Crippen LogP contribution in [0.1, 0.15) is 49.6 Å². The van der Waals surface area contributed by atoms with Gasteiger partial charge in [-0.25, -0.2) is 0 Å². The smallest absolute Gasteiger partial charge is 0.0224 e. The summed E-state index contributed by atoms with van der Waals surface area (Å²) in [5, 5.41) is 0. The lowest BCUT2D eigenvalue weighted by Crippen LogP contribution is -2.02. The highest BCUT2D eigenvalue weighted by Crippen LogP contribution is 2.15. The fourth-order valence-corrected chi connectivity index (χ4v) is 2.01. The third-order valence-electron chi connectivity index (χ3n) is 3.06. The van der Waals surface area contributed by atoms with Crippen molar-refractivity contribution in [1.82, 2.24) is 4.57 Å². The molecule has 80 valence electrons. The summed E-state index contributed by atoms with van der Waals surface area (Å²) in [6, 6.07) is 2.29. The molecule has 0 spiro atoms. The average molecular weight is 193 g/mol. The summed E-state index contributed by atoms with van der Waals surface area (Å²) in [6.07, 6.45) is 5.39. The van der Waals surface area contributed by atoms with Crippen LogP contribution in [0.25, 0.3) is 0 Å². The number of unbranched alkanes of at least 4 members (excludes halogenated alkanes) is 3. The van der Waals surface area contributed by atoms with Crippen LogP contribution in [0.5, 0.6) is 0 Å². The summed E-state index contributed by atoms with van der Waals surface area (Å²) in [7, 11) is 0. The van der Waals surface area contributed by atoms with Gasteiger partial charge in [0, 0.05) is 17.9 Å². The van der Waals surface area contributed by atoms with Crippen molar-refractivity contribution in [3.8, 4) is 0 Å². The van der Waals surface area contributed by atoms with Gasteiger partial charge in [0.05, 0.1) is 0 Å². The summed E-state index contributed by atoms with van der Waals surface area (Å²) in [5.74, 6) is 0. The van der Waals surface area contributed by atoms with Crippen LogP contribution in [0.15, 0.2) is 6.07 Å². The van der Waals surface area contributed by atoms with Gasteiger partial charge in [-0.15, -0.1) is 0 Å². The normalized spacial score (nSPS) is 10.9. The molecule has 0 fully saturated rings. The number of hydrogen-bond donors (Lipinski definition) is 0. The first kappa shape index (κ1) is 11.4. The maximum absolute atomic E-state index is 2.45. The van der Waals surface area contributed by atoms with Crippen LogP contribution in [-0.4, -0.2) is 4.57 Å². The molecule has 0 amide bonds. The molecule has 1 nitrogen and oxygen atoms in total. The van der Waals surface area contributed by atoms with Gasteiger partial charge >= 0.3 is 0 Å². The molecular formula is C13H23N. The lowest BCUT2D eigenvalue weighted by atomic mass is 10.2. The Morgan fingerprint density at radius 1 is 1.07 bits per heavy atom. The van der Waals surface area contributed by atoms with Crippen molar-refractivity contribution in [3.05, 3.63) is 23.0 Å². The molecule has 0 aliphatic carbocycles. The zero-order chi connectivity index (χ0) is 10.6. The molecule has 14 heavy (non-hydrogen) atoms. The minimum absolute atomic E-state index is 1.20. The SMILES string of the molecule is CCCCCCn1c(C)cc(C)c1C. The first-order valence-electron chi connectivity index (χ1n) is 5.80. The van der Waals surface area contributed by atoms with Crippen molar-refractivity contribution in [2.24, 2.45) is 0 Å². The summed E-state index contributed by atoms with van der Waals surface area (Å²) in [4.78, 5) is 0. The molecule has 1 heterocycles. The number of aryl methyl sites for hydroxylation is 2.